The molecule has 0 atom stereocenters. The third-order valence-electron chi connectivity index (χ3n) is 3.78. The van der Waals surface area contributed by atoms with Gasteiger partial charge in [0.2, 0.25) is 0 Å². The number of hydrogen-bond donors (Lipinski definition) is 2. The third kappa shape index (κ3) is 5.79. The van der Waals surface area contributed by atoms with Gasteiger partial charge in [0.25, 0.3) is 0 Å². The van der Waals surface area contributed by atoms with E-state index in [-0.39, 0.29) is 29.5 Å². The average molecular weight is 462 g/mol. The van der Waals surface area contributed by atoms with E-state index in [2.05, 4.69) is 48.5 Å². The second-order valence-electron chi connectivity index (χ2n) is 5.82. The summed E-state index contributed by atoms with van der Waals surface area (Å²) in [5.74, 6) is 0.748. The monoisotopic (exact) mass is 461 g/mol. The van der Waals surface area contributed by atoms with Gasteiger partial charge in [-0.15, -0.1) is 24.0 Å². The SMILES string of the molecule is CN=C(NCc1cc(Cl)c(Cl)n1C)NCC(C)(C)N(C)C.I. The maximum atomic E-state index is 6.06. The Morgan fingerprint density at radius 2 is 1.91 bits per heavy atom. The highest BCUT2D eigenvalue weighted by molar-refractivity contribution is 14.0. The fraction of sp³-hybridized carbons (Fsp3) is 0.643. The zero-order valence-corrected chi connectivity index (χ0v) is 17.8. The highest BCUT2D eigenvalue weighted by Crippen LogP contribution is 2.24. The second kappa shape index (κ2) is 9.20. The first-order chi connectivity index (χ1) is 9.69. The number of rotatable bonds is 5. The van der Waals surface area contributed by atoms with E-state index in [4.69, 9.17) is 23.2 Å². The Bertz CT molecular complexity index is 512. The zero-order valence-electron chi connectivity index (χ0n) is 14.0. The lowest BCUT2D eigenvalue weighted by Gasteiger charge is -2.33. The van der Waals surface area contributed by atoms with Crippen LogP contribution in [-0.2, 0) is 13.6 Å². The molecule has 22 heavy (non-hydrogen) atoms. The molecule has 1 heterocycles. The molecule has 0 spiro atoms. The fourth-order valence-electron chi connectivity index (χ4n) is 1.61. The summed E-state index contributed by atoms with van der Waals surface area (Å²) >= 11 is 12.1. The topological polar surface area (TPSA) is 44.6 Å². The number of hydrogen-bond acceptors (Lipinski definition) is 2. The molecule has 0 aliphatic heterocycles. The molecule has 0 aromatic carbocycles. The Morgan fingerprint density at radius 1 is 1.32 bits per heavy atom. The molecule has 0 saturated heterocycles. The summed E-state index contributed by atoms with van der Waals surface area (Å²) in [6.07, 6.45) is 0. The van der Waals surface area contributed by atoms with Gasteiger partial charge in [0.1, 0.15) is 5.15 Å². The van der Waals surface area contributed by atoms with E-state index in [1.54, 1.807) is 7.05 Å². The first-order valence-electron chi connectivity index (χ1n) is 6.80. The summed E-state index contributed by atoms with van der Waals surface area (Å²) in [5, 5.41) is 7.69. The maximum Gasteiger partial charge on any atom is 0.191 e. The van der Waals surface area contributed by atoms with Gasteiger partial charge < -0.3 is 20.1 Å². The van der Waals surface area contributed by atoms with Gasteiger partial charge >= 0.3 is 0 Å². The average Bonchev–Trinajstić information content (AvgIpc) is 2.66. The van der Waals surface area contributed by atoms with E-state index in [0.29, 0.717) is 16.7 Å². The van der Waals surface area contributed by atoms with Crippen molar-refractivity contribution in [2.24, 2.45) is 12.0 Å². The van der Waals surface area contributed by atoms with Gasteiger partial charge in [-0.25, -0.2) is 0 Å². The highest BCUT2D eigenvalue weighted by atomic mass is 127. The van der Waals surface area contributed by atoms with Crippen LogP contribution in [0.5, 0.6) is 0 Å². The van der Waals surface area contributed by atoms with Gasteiger partial charge in [-0.1, -0.05) is 23.2 Å². The Hall–Kier alpha value is -0.180. The number of guanidine groups is 1. The molecule has 0 amide bonds. The van der Waals surface area contributed by atoms with Crippen molar-refractivity contribution in [2.75, 3.05) is 27.7 Å². The molecule has 0 aliphatic carbocycles. The molecule has 0 unspecified atom stereocenters. The normalized spacial score (nSPS) is 12.3. The van der Waals surface area contributed by atoms with Gasteiger partial charge in [0.15, 0.2) is 5.96 Å². The number of halogens is 3. The lowest BCUT2D eigenvalue weighted by molar-refractivity contribution is 0.197. The van der Waals surface area contributed by atoms with E-state index in [9.17, 15) is 0 Å². The van der Waals surface area contributed by atoms with E-state index in [1.807, 2.05) is 17.7 Å². The van der Waals surface area contributed by atoms with Crippen LogP contribution in [0.4, 0.5) is 0 Å². The largest absolute Gasteiger partial charge is 0.355 e. The van der Waals surface area contributed by atoms with E-state index >= 15 is 0 Å². The molecule has 1 aromatic rings. The highest BCUT2D eigenvalue weighted by Gasteiger charge is 2.20. The molecular weight excluding hydrogens is 436 g/mol. The molecule has 1 rings (SSSR count). The number of aliphatic imine (C=N–C) groups is 1. The van der Waals surface area contributed by atoms with Crippen molar-refractivity contribution < 1.29 is 0 Å². The summed E-state index contributed by atoms with van der Waals surface area (Å²) in [7, 11) is 7.76. The Morgan fingerprint density at radius 3 is 2.32 bits per heavy atom. The van der Waals surface area contributed by atoms with Crippen LogP contribution in [0.3, 0.4) is 0 Å². The van der Waals surface area contributed by atoms with Gasteiger partial charge in [-0.3, -0.25) is 4.99 Å². The predicted molar refractivity (Wildman–Crippen MR) is 107 cm³/mol. The molecule has 0 fully saturated rings. The second-order valence-corrected chi connectivity index (χ2v) is 6.58. The molecule has 2 N–H and O–H groups in total. The standard InChI is InChI=1S/C14H25Cl2N5.HI/c1-14(2,20(4)5)9-19-13(17-3)18-8-10-7-11(15)12(16)21(10)6;/h7H,8-9H2,1-6H3,(H2,17,18,19);1H. The van der Waals surface area contributed by atoms with Crippen molar-refractivity contribution in [1.82, 2.24) is 20.1 Å². The minimum Gasteiger partial charge on any atom is -0.355 e. The number of aromatic nitrogens is 1. The lowest BCUT2D eigenvalue weighted by atomic mass is 10.0. The molecule has 0 radical (unpaired) electrons. The van der Waals surface area contributed by atoms with Crippen molar-refractivity contribution in [2.45, 2.75) is 25.9 Å². The van der Waals surface area contributed by atoms with E-state index in [0.717, 1.165) is 18.2 Å². The molecule has 1 aromatic heterocycles. The molecule has 5 nitrogen and oxygen atoms in total. The first kappa shape index (κ1) is 21.8. The quantitative estimate of drug-likeness (QED) is 0.402. The number of nitrogens with one attached hydrogen (secondary N) is 2. The molecule has 0 bridgehead atoms. The Labute approximate surface area is 160 Å². The first-order valence-corrected chi connectivity index (χ1v) is 7.56. The summed E-state index contributed by atoms with van der Waals surface area (Å²) in [4.78, 5) is 6.40. The summed E-state index contributed by atoms with van der Waals surface area (Å²) in [6, 6.07) is 1.86. The number of nitrogens with zero attached hydrogens (tertiary/aromatic N) is 3. The third-order valence-corrected chi connectivity index (χ3v) is 4.62. The van der Waals surface area contributed by atoms with Crippen LogP contribution in [0.15, 0.2) is 11.1 Å². The molecule has 0 aliphatic rings. The number of likely N-dealkylation sites (N-methyl/N-ethyl adjacent to an activating group) is 1. The van der Waals surface area contributed by atoms with Crippen molar-refractivity contribution in [1.29, 1.82) is 0 Å². The van der Waals surface area contributed by atoms with Crippen molar-refractivity contribution in [3.05, 3.63) is 21.9 Å². The molecule has 0 saturated carbocycles. The van der Waals surface area contributed by atoms with Crippen LogP contribution >= 0.6 is 47.2 Å². The molecule has 8 heteroatoms. The van der Waals surface area contributed by atoms with E-state index in [1.165, 1.54) is 0 Å². The summed E-state index contributed by atoms with van der Waals surface area (Å²) in [5.41, 5.74) is 1.04. The Balaban J connectivity index is 0.00000441. The fourth-order valence-corrected chi connectivity index (χ4v) is 2.03. The van der Waals surface area contributed by atoms with E-state index < -0.39 is 0 Å². The zero-order chi connectivity index (χ0) is 16.2. The maximum absolute atomic E-state index is 6.06. The van der Waals surface area contributed by atoms with Crippen LogP contribution in [0.2, 0.25) is 10.2 Å². The van der Waals surface area contributed by atoms with Crippen molar-refractivity contribution in [3.63, 3.8) is 0 Å². The summed E-state index contributed by atoms with van der Waals surface area (Å²) in [6.45, 7) is 5.73. The van der Waals surface area contributed by atoms with Crippen molar-refractivity contribution >= 4 is 53.1 Å². The van der Waals surface area contributed by atoms with Crippen LogP contribution in [0.1, 0.15) is 19.5 Å². The van der Waals surface area contributed by atoms with Gasteiger partial charge in [0, 0.05) is 31.9 Å². The molecular formula is C14H26Cl2IN5. The minimum absolute atomic E-state index is 0. The van der Waals surface area contributed by atoms with Crippen LogP contribution < -0.4 is 10.6 Å². The summed E-state index contributed by atoms with van der Waals surface area (Å²) < 4.78 is 1.86. The predicted octanol–water partition coefficient (Wildman–Crippen LogP) is 2.96. The van der Waals surface area contributed by atoms with Gasteiger partial charge in [-0.05, 0) is 34.0 Å². The minimum atomic E-state index is 0. The van der Waals surface area contributed by atoms with Gasteiger partial charge in [-0.2, -0.15) is 0 Å². The van der Waals surface area contributed by atoms with Crippen molar-refractivity contribution in [3.8, 4) is 0 Å². The Kier molecular flexibility index (Phi) is 9.12. The lowest BCUT2D eigenvalue weighted by Crippen LogP contribution is -2.50. The van der Waals surface area contributed by atoms with Crippen LogP contribution in [0, 0.1) is 0 Å². The van der Waals surface area contributed by atoms with Crippen LogP contribution in [-0.4, -0.2) is 48.7 Å². The smallest absolute Gasteiger partial charge is 0.191 e. The van der Waals surface area contributed by atoms with Gasteiger partial charge in [0.05, 0.1) is 11.6 Å². The van der Waals surface area contributed by atoms with Crippen LogP contribution in [0.25, 0.3) is 0 Å². The molecule has 128 valence electrons.